The number of methoxy groups -OCH3 is 1. The van der Waals surface area contributed by atoms with E-state index in [1.54, 1.807) is 6.07 Å². The van der Waals surface area contributed by atoms with Crippen molar-refractivity contribution < 1.29 is 23.1 Å². The molecule has 0 radical (unpaired) electrons. The SMILES string of the molecule is COC(=O)C1=C(C(=O)c2ccc(F)cc2)[C@@H](c2ccccc2F)n2nnnc2N1. The summed E-state index contributed by atoms with van der Waals surface area (Å²) in [5.41, 5.74) is -0.178. The number of rotatable bonds is 4. The number of ketones is 1. The average Bonchev–Trinajstić information content (AvgIpc) is 3.21. The van der Waals surface area contributed by atoms with Crippen molar-refractivity contribution in [2.75, 3.05) is 12.4 Å². The molecule has 4 rings (SSSR count). The first kappa shape index (κ1) is 18.4. The number of Topliss-reactive ketones (excluding diaryl/α,β-unsaturated/α-hetero) is 1. The van der Waals surface area contributed by atoms with Crippen LogP contribution < -0.4 is 5.32 Å². The Kier molecular flexibility index (Phi) is 4.59. The van der Waals surface area contributed by atoms with E-state index in [0.29, 0.717) is 0 Å². The molecule has 1 aliphatic heterocycles. The lowest BCUT2D eigenvalue weighted by Crippen LogP contribution is -2.33. The average molecular weight is 397 g/mol. The molecule has 1 aromatic heterocycles. The van der Waals surface area contributed by atoms with Crippen LogP contribution in [0.3, 0.4) is 0 Å². The fourth-order valence-corrected chi connectivity index (χ4v) is 3.13. The van der Waals surface area contributed by atoms with Crippen LogP contribution in [0.1, 0.15) is 22.0 Å². The smallest absolute Gasteiger partial charge is 0.355 e. The Morgan fingerprint density at radius 2 is 1.83 bits per heavy atom. The minimum absolute atomic E-state index is 0.0364. The molecule has 1 atom stereocenters. The predicted molar refractivity (Wildman–Crippen MR) is 95.8 cm³/mol. The topological polar surface area (TPSA) is 99.0 Å². The second-order valence-corrected chi connectivity index (χ2v) is 6.11. The van der Waals surface area contributed by atoms with Gasteiger partial charge in [0.05, 0.1) is 12.7 Å². The quantitative estimate of drug-likeness (QED) is 0.533. The van der Waals surface area contributed by atoms with Crippen LogP contribution in [0, 0.1) is 11.6 Å². The van der Waals surface area contributed by atoms with E-state index in [1.807, 2.05) is 0 Å². The Balaban J connectivity index is 1.97. The number of benzene rings is 2. The highest BCUT2D eigenvalue weighted by molar-refractivity contribution is 6.14. The van der Waals surface area contributed by atoms with Crippen LogP contribution in [0.2, 0.25) is 0 Å². The van der Waals surface area contributed by atoms with Gasteiger partial charge in [-0.05, 0) is 40.8 Å². The maximum Gasteiger partial charge on any atom is 0.355 e. The van der Waals surface area contributed by atoms with Gasteiger partial charge in [0.2, 0.25) is 5.95 Å². The van der Waals surface area contributed by atoms with E-state index in [2.05, 4.69) is 20.8 Å². The van der Waals surface area contributed by atoms with Crippen molar-refractivity contribution in [1.82, 2.24) is 20.2 Å². The second-order valence-electron chi connectivity index (χ2n) is 6.11. The van der Waals surface area contributed by atoms with Gasteiger partial charge in [-0.2, -0.15) is 4.68 Å². The summed E-state index contributed by atoms with van der Waals surface area (Å²) in [4.78, 5) is 25.8. The molecular weight excluding hydrogens is 384 g/mol. The molecule has 1 N–H and O–H groups in total. The van der Waals surface area contributed by atoms with E-state index in [-0.39, 0.29) is 28.3 Å². The molecule has 0 saturated carbocycles. The third kappa shape index (κ3) is 3.14. The van der Waals surface area contributed by atoms with E-state index >= 15 is 0 Å². The molecule has 0 unspecified atom stereocenters. The predicted octanol–water partition coefficient (Wildman–Crippen LogP) is 2.28. The lowest BCUT2D eigenvalue weighted by atomic mass is 9.89. The first-order valence-corrected chi connectivity index (χ1v) is 8.43. The van der Waals surface area contributed by atoms with Crippen molar-refractivity contribution in [3.63, 3.8) is 0 Å². The van der Waals surface area contributed by atoms with Crippen molar-refractivity contribution in [3.05, 3.63) is 82.6 Å². The molecule has 3 aromatic rings. The van der Waals surface area contributed by atoms with Gasteiger partial charge < -0.3 is 10.1 Å². The van der Waals surface area contributed by atoms with Crippen molar-refractivity contribution >= 4 is 17.7 Å². The van der Waals surface area contributed by atoms with Crippen LogP contribution in [-0.4, -0.2) is 39.1 Å². The van der Waals surface area contributed by atoms with Crippen LogP contribution in [0.5, 0.6) is 0 Å². The number of ether oxygens (including phenoxy) is 1. The van der Waals surface area contributed by atoms with Gasteiger partial charge in [0.25, 0.3) is 0 Å². The number of fused-ring (bicyclic) bond motifs is 1. The van der Waals surface area contributed by atoms with Gasteiger partial charge in [-0.25, -0.2) is 13.6 Å². The number of tetrazole rings is 1. The van der Waals surface area contributed by atoms with Gasteiger partial charge in [0.1, 0.15) is 23.4 Å². The monoisotopic (exact) mass is 397 g/mol. The highest BCUT2D eigenvalue weighted by Crippen LogP contribution is 2.37. The number of esters is 1. The molecule has 2 aromatic carbocycles. The van der Waals surface area contributed by atoms with E-state index in [4.69, 9.17) is 4.74 Å². The Hall–Kier alpha value is -3.95. The summed E-state index contributed by atoms with van der Waals surface area (Å²) in [5.74, 6) is -2.60. The van der Waals surface area contributed by atoms with E-state index in [0.717, 1.165) is 19.2 Å². The van der Waals surface area contributed by atoms with Gasteiger partial charge in [0.15, 0.2) is 5.78 Å². The van der Waals surface area contributed by atoms with Gasteiger partial charge in [0, 0.05) is 11.1 Å². The number of nitrogens with zero attached hydrogens (tertiary/aromatic N) is 4. The Morgan fingerprint density at radius 1 is 1.10 bits per heavy atom. The van der Waals surface area contributed by atoms with Crippen LogP contribution in [-0.2, 0) is 9.53 Å². The highest BCUT2D eigenvalue weighted by Gasteiger charge is 2.39. The lowest BCUT2D eigenvalue weighted by Gasteiger charge is -2.28. The fourth-order valence-electron chi connectivity index (χ4n) is 3.13. The Labute approximate surface area is 162 Å². The number of hydrogen-bond acceptors (Lipinski definition) is 7. The van der Waals surface area contributed by atoms with Crippen molar-refractivity contribution in [1.29, 1.82) is 0 Å². The van der Waals surface area contributed by atoms with Gasteiger partial charge >= 0.3 is 5.97 Å². The maximum atomic E-state index is 14.7. The van der Waals surface area contributed by atoms with Crippen LogP contribution in [0.25, 0.3) is 0 Å². The zero-order valence-corrected chi connectivity index (χ0v) is 15.0. The summed E-state index contributed by atoms with van der Waals surface area (Å²) < 4.78 is 34.0. The minimum Gasteiger partial charge on any atom is -0.464 e. The molecule has 2 heterocycles. The van der Waals surface area contributed by atoms with Crippen LogP contribution >= 0.6 is 0 Å². The van der Waals surface area contributed by atoms with Gasteiger partial charge in [-0.15, -0.1) is 0 Å². The van der Waals surface area contributed by atoms with Crippen LogP contribution in [0.4, 0.5) is 14.7 Å². The van der Waals surface area contributed by atoms with E-state index in [9.17, 15) is 18.4 Å². The molecule has 10 heteroatoms. The number of aromatic nitrogens is 4. The number of halogens is 2. The number of anilines is 1. The first-order chi connectivity index (χ1) is 14.0. The van der Waals surface area contributed by atoms with Gasteiger partial charge in [-0.1, -0.05) is 23.3 Å². The van der Waals surface area contributed by atoms with E-state index < -0.39 is 29.4 Å². The number of allylic oxidation sites excluding steroid dienone is 1. The number of hydrogen-bond donors (Lipinski definition) is 1. The Bertz CT molecular complexity index is 1140. The largest absolute Gasteiger partial charge is 0.464 e. The number of carbonyl (C=O) groups is 2. The normalized spacial score (nSPS) is 15.5. The number of carbonyl (C=O) groups excluding carboxylic acids is 2. The molecule has 0 amide bonds. The van der Waals surface area contributed by atoms with Crippen molar-refractivity contribution in [2.24, 2.45) is 0 Å². The first-order valence-electron chi connectivity index (χ1n) is 8.43. The minimum atomic E-state index is -1.14. The molecule has 0 bridgehead atoms. The highest BCUT2D eigenvalue weighted by atomic mass is 19.1. The molecule has 0 spiro atoms. The fraction of sp³-hybridized carbons (Fsp3) is 0.105. The molecule has 29 heavy (non-hydrogen) atoms. The number of nitrogens with one attached hydrogen (secondary N) is 1. The molecule has 8 nitrogen and oxygen atoms in total. The van der Waals surface area contributed by atoms with Crippen molar-refractivity contribution in [2.45, 2.75) is 6.04 Å². The summed E-state index contributed by atoms with van der Waals surface area (Å²) in [6.07, 6.45) is 0. The van der Waals surface area contributed by atoms with E-state index in [1.165, 1.54) is 35.0 Å². The zero-order chi connectivity index (χ0) is 20.5. The third-order valence-electron chi connectivity index (χ3n) is 4.46. The zero-order valence-electron chi connectivity index (χ0n) is 15.0. The van der Waals surface area contributed by atoms with Gasteiger partial charge in [-0.3, -0.25) is 4.79 Å². The second kappa shape index (κ2) is 7.23. The summed E-state index contributed by atoms with van der Waals surface area (Å²) in [6.45, 7) is 0. The summed E-state index contributed by atoms with van der Waals surface area (Å²) >= 11 is 0. The standard InChI is InChI=1S/C19H13F2N5O3/c1-29-18(28)15-14(17(27)10-6-8-11(20)9-7-10)16(12-4-2-3-5-13(12)21)26-19(22-15)23-24-25-26/h2-9,16H,1H3,(H,22,23,25)/t16-/m1/s1. The summed E-state index contributed by atoms with van der Waals surface area (Å²) in [7, 11) is 1.15. The molecule has 1 aliphatic rings. The molecule has 0 aliphatic carbocycles. The lowest BCUT2D eigenvalue weighted by molar-refractivity contribution is -0.136. The molecule has 146 valence electrons. The molecule has 0 saturated heterocycles. The van der Waals surface area contributed by atoms with Crippen LogP contribution in [0.15, 0.2) is 59.8 Å². The third-order valence-corrected chi connectivity index (χ3v) is 4.46. The molecule has 0 fully saturated rings. The maximum absolute atomic E-state index is 14.7. The Morgan fingerprint density at radius 3 is 2.52 bits per heavy atom. The molecular formula is C19H13F2N5O3. The summed E-state index contributed by atoms with van der Waals surface area (Å²) in [6, 6.07) is 9.39. The van der Waals surface area contributed by atoms with Crippen molar-refractivity contribution in [3.8, 4) is 0 Å². The summed E-state index contributed by atoms with van der Waals surface area (Å²) in [5, 5.41) is 13.8.